The van der Waals surface area contributed by atoms with E-state index in [9.17, 15) is 9.30 Å². The van der Waals surface area contributed by atoms with Gasteiger partial charge in [-0.25, -0.2) is 0 Å². The van der Waals surface area contributed by atoms with Crippen LogP contribution in [0.1, 0.15) is 5.56 Å². The van der Waals surface area contributed by atoms with Crippen LogP contribution in [0.4, 0.5) is 10.1 Å². The van der Waals surface area contributed by atoms with Crippen LogP contribution in [0.2, 0.25) is 0 Å². The predicted octanol–water partition coefficient (Wildman–Crippen LogP) is 2.01. The molecule has 0 bridgehead atoms. The first-order chi connectivity index (χ1) is 5.11. The molecular weight excluding hydrogens is 165 g/mol. The van der Waals surface area contributed by atoms with Gasteiger partial charge in [0.1, 0.15) is 0 Å². The minimum Gasteiger partial charge on any atom is -0.364 e. The highest BCUT2D eigenvalue weighted by molar-refractivity contribution is 7.51. The minimum absolute atomic E-state index is 0.0972. The largest absolute Gasteiger partial charge is 0.364 e. The summed E-state index contributed by atoms with van der Waals surface area (Å²) in [5.74, 6) is -0.583. The van der Waals surface area contributed by atoms with Gasteiger partial charge < -0.3 is 12.8 Å². The fraction of sp³-hybridized carbons (Fsp3) is 0.143. The summed E-state index contributed by atoms with van der Waals surface area (Å²) in [5.41, 5.74) is 0.715. The quantitative estimate of drug-likeness (QED) is 0.475. The van der Waals surface area contributed by atoms with Gasteiger partial charge in [0.2, 0.25) is 0 Å². The van der Waals surface area contributed by atoms with Crippen molar-refractivity contribution in [2.24, 2.45) is 0 Å². The van der Waals surface area contributed by atoms with Gasteiger partial charge in [-0.2, -0.15) is 4.39 Å². The number of benzene rings is 1. The molecule has 0 aliphatic rings. The lowest BCUT2D eigenvalue weighted by molar-refractivity contribution is -0.266. The Morgan fingerprint density at radius 3 is 2.64 bits per heavy atom. The molecule has 0 heterocycles. The zero-order chi connectivity index (χ0) is 8.43. The van der Waals surface area contributed by atoms with E-state index in [0.717, 1.165) is 5.56 Å². The maximum absolute atomic E-state index is 12.7. The van der Waals surface area contributed by atoms with Crippen LogP contribution in [-0.2, 0) is 12.8 Å². The molecule has 0 amide bonds. The molecule has 0 N–H and O–H groups in total. The molecule has 0 aliphatic carbocycles. The molecule has 0 radical (unpaired) electrons. The fourth-order valence-corrected chi connectivity index (χ4v) is 0.903. The van der Waals surface area contributed by atoms with Gasteiger partial charge in [0, 0.05) is 11.0 Å². The predicted molar refractivity (Wildman–Crippen MR) is 41.8 cm³/mol. The minimum atomic E-state index is -0.583. The lowest BCUT2D eigenvalue weighted by Gasteiger charge is -1.96. The molecule has 4 heteroatoms. The Kier molecular flexibility index (Phi) is 2.14. The van der Waals surface area contributed by atoms with E-state index in [-0.39, 0.29) is 9.85 Å². The first kappa shape index (κ1) is 8.07. The molecule has 0 aromatic heterocycles. The number of hydrogen-bond acceptors (Lipinski definition) is 2. The van der Waals surface area contributed by atoms with E-state index >= 15 is 0 Å². The van der Waals surface area contributed by atoms with Crippen molar-refractivity contribution in [2.45, 2.75) is 6.92 Å². The molecule has 11 heavy (non-hydrogen) atoms. The van der Waals surface area contributed by atoms with E-state index in [2.05, 4.69) is 12.8 Å². The van der Waals surface area contributed by atoms with Gasteiger partial charge in [0.05, 0.1) is 0 Å². The summed E-state index contributed by atoms with van der Waals surface area (Å²) < 4.78 is 12.8. The van der Waals surface area contributed by atoms with Crippen LogP contribution >= 0.6 is 0 Å². The number of rotatable bonds is 1. The van der Waals surface area contributed by atoms with Crippen LogP contribution in [0.3, 0.4) is 0 Å². The number of nitroso groups, excluding NO2 is 1. The highest BCUT2D eigenvalue weighted by atomic mass is 32.1. The topological polar surface area (TPSA) is 20.1 Å². The standard InChI is InChI=1S/C7H6FNOS/c1-5-2-3-6(8)7(4-5)9(10)11/h2-4H,1H3. The molecule has 0 spiro atoms. The summed E-state index contributed by atoms with van der Waals surface area (Å²) in [4.78, 5) is 10.5. The Hall–Kier alpha value is -1.03. The average Bonchev–Trinajstić information content (AvgIpc) is 1.94. The summed E-state index contributed by atoms with van der Waals surface area (Å²) in [6, 6.07) is 4.22. The Bertz CT molecular complexity index is 300. The molecule has 1 aromatic rings. The molecule has 1 rings (SSSR count). The third kappa shape index (κ3) is 1.71. The van der Waals surface area contributed by atoms with Crippen molar-refractivity contribution in [2.75, 3.05) is 0 Å². The van der Waals surface area contributed by atoms with Gasteiger partial charge in [-0.3, -0.25) is 0 Å². The van der Waals surface area contributed by atoms with Gasteiger partial charge in [-0.15, -0.1) is 0 Å². The molecule has 1 aromatic carbocycles. The highest BCUT2D eigenvalue weighted by Gasteiger charge is 2.09. The van der Waals surface area contributed by atoms with Crippen molar-refractivity contribution in [3.63, 3.8) is 0 Å². The summed E-state index contributed by atoms with van der Waals surface area (Å²) in [5, 5.41) is 0. The van der Waals surface area contributed by atoms with Crippen LogP contribution in [0.25, 0.3) is 0 Å². The third-order valence-corrected chi connectivity index (χ3v) is 1.50. The second-order valence-electron chi connectivity index (χ2n) is 2.21. The zero-order valence-corrected chi connectivity index (χ0v) is 6.69. The molecule has 0 aliphatic heterocycles. The lowest BCUT2D eigenvalue weighted by Crippen LogP contribution is -1.92. The van der Waals surface area contributed by atoms with Crippen molar-refractivity contribution in [3.05, 3.63) is 34.5 Å². The van der Waals surface area contributed by atoms with Crippen molar-refractivity contribution in [1.82, 2.24) is 0 Å². The van der Waals surface area contributed by atoms with E-state index in [1.54, 1.807) is 13.0 Å². The molecule has 0 saturated carbocycles. The molecule has 0 fully saturated rings. The molecule has 2 nitrogen and oxygen atoms in total. The van der Waals surface area contributed by atoms with Crippen molar-refractivity contribution in [1.29, 1.82) is 0 Å². The van der Waals surface area contributed by atoms with Gasteiger partial charge in [-0.05, 0) is 18.6 Å². The summed E-state index contributed by atoms with van der Waals surface area (Å²) in [6.45, 7) is 1.77. The molecule has 0 atom stereocenters. The maximum atomic E-state index is 12.7. The van der Waals surface area contributed by atoms with E-state index in [4.69, 9.17) is 0 Å². The Morgan fingerprint density at radius 2 is 2.18 bits per heavy atom. The first-order valence-corrected chi connectivity index (χ1v) is 3.38. The van der Waals surface area contributed by atoms with Crippen LogP contribution < -0.4 is 0 Å². The van der Waals surface area contributed by atoms with Crippen molar-refractivity contribution >= 4 is 18.5 Å². The average molecular weight is 171 g/mol. The highest BCUT2D eigenvalue weighted by Crippen LogP contribution is 2.17. The normalized spacial score (nSPS) is 9.64. The van der Waals surface area contributed by atoms with Gasteiger partial charge >= 0.3 is 0 Å². The maximum Gasteiger partial charge on any atom is 0.273 e. The summed E-state index contributed by atoms with van der Waals surface area (Å²) in [6.07, 6.45) is 0. The van der Waals surface area contributed by atoms with Crippen LogP contribution in [0.15, 0.2) is 18.2 Å². The van der Waals surface area contributed by atoms with Gasteiger partial charge in [0.15, 0.2) is 5.82 Å². The number of nitrogens with zero attached hydrogens (tertiary/aromatic N) is 1. The lowest BCUT2D eigenvalue weighted by atomic mass is 10.2. The van der Waals surface area contributed by atoms with Crippen molar-refractivity contribution in [3.8, 4) is 0 Å². The van der Waals surface area contributed by atoms with Crippen LogP contribution in [-0.4, -0.2) is 4.17 Å². The third-order valence-electron chi connectivity index (χ3n) is 1.30. The monoisotopic (exact) mass is 171 g/mol. The number of aryl methyl sites for hydroxylation is 1. The Morgan fingerprint density at radius 1 is 1.55 bits per heavy atom. The van der Waals surface area contributed by atoms with E-state index in [0.29, 0.717) is 0 Å². The number of hydrogen-bond donors (Lipinski definition) is 0. The van der Waals surface area contributed by atoms with Crippen molar-refractivity contribution < 1.29 is 8.56 Å². The second-order valence-corrected chi connectivity index (χ2v) is 2.54. The van der Waals surface area contributed by atoms with E-state index in [1.807, 2.05) is 0 Å². The zero-order valence-electron chi connectivity index (χ0n) is 5.87. The Balaban J connectivity index is 3.23. The molecule has 0 unspecified atom stereocenters. The molecular formula is C7H6FNOS. The smallest absolute Gasteiger partial charge is 0.273 e. The van der Waals surface area contributed by atoms with E-state index in [1.165, 1.54) is 12.1 Å². The molecule has 0 saturated heterocycles. The number of halogens is 1. The van der Waals surface area contributed by atoms with Crippen LogP contribution in [0.5, 0.6) is 0 Å². The van der Waals surface area contributed by atoms with Crippen LogP contribution in [0, 0.1) is 17.6 Å². The van der Waals surface area contributed by atoms with Gasteiger partial charge in [0.25, 0.3) is 5.69 Å². The second kappa shape index (κ2) is 2.92. The fourth-order valence-electron chi connectivity index (χ4n) is 0.763. The summed E-state index contributed by atoms with van der Waals surface area (Å²) >= 11 is 4.23. The SMILES string of the molecule is Cc1ccc(F)c([N+](=O)[S-])c1. The van der Waals surface area contributed by atoms with E-state index < -0.39 is 5.82 Å². The first-order valence-electron chi connectivity index (χ1n) is 3.02. The van der Waals surface area contributed by atoms with Gasteiger partial charge in [-0.1, -0.05) is 10.2 Å². The Labute approximate surface area is 69.2 Å². The summed E-state index contributed by atoms with van der Waals surface area (Å²) in [7, 11) is 0. The molecule has 58 valence electrons.